The van der Waals surface area contributed by atoms with Crippen molar-refractivity contribution in [1.82, 2.24) is 10.4 Å². The largest absolute Gasteiger partial charge is 0.329 e. The fourth-order valence-corrected chi connectivity index (χ4v) is 1.85. The summed E-state index contributed by atoms with van der Waals surface area (Å²) in [5, 5.41) is 5.75. The zero-order valence-electron chi connectivity index (χ0n) is 11.4. The van der Waals surface area contributed by atoms with Gasteiger partial charge in [0, 0.05) is 17.6 Å². The van der Waals surface area contributed by atoms with Crippen molar-refractivity contribution in [3.8, 4) is 0 Å². The van der Waals surface area contributed by atoms with E-state index >= 15 is 0 Å². The van der Waals surface area contributed by atoms with Crippen molar-refractivity contribution < 1.29 is 23.2 Å². The highest BCUT2D eigenvalue weighted by atomic mass is 32.2. The molecule has 21 heavy (non-hydrogen) atoms. The number of amides is 3. The molecular formula is C12H15F2N3O3S. The second kappa shape index (κ2) is 8.42. The molecule has 9 heteroatoms. The van der Waals surface area contributed by atoms with Crippen LogP contribution in [0.4, 0.5) is 19.3 Å². The molecule has 0 heterocycles. The first kappa shape index (κ1) is 17.2. The summed E-state index contributed by atoms with van der Waals surface area (Å²) < 4.78 is 24.5. The van der Waals surface area contributed by atoms with E-state index in [1.54, 1.807) is 12.1 Å². The Morgan fingerprint density at radius 1 is 1.43 bits per heavy atom. The lowest BCUT2D eigenvalue weighted by molar-refractivity contribution is -0.167. The molecule has 0 aromatic heterocycles. The van der Waals surface area contributed by atoms with Gasteiger partial charge in [0.2, 0.25) is 0 Å². The van der Waals surface area contributed by atoms with E-state index in [0.717, 1.165) is 5.06 Å². The van der Waals surface area contributed by atoms with E-state index in [1.807, 2.05) is 0 Å². The minimum atomic E-state index is -2.53. The minimum Gasteiger partial charge on any atom is -0.329 e. The number of likely N-dealkylation sites (N-methyl/N-ethyl adjacent to an activating group) is 1. The van der Waals surface area contributed by atoms with Gasteiger partial charge in [-0.3, -0.25) is 9.63 Å². The summed E-state index contributed by atoms with van der Waals surface area (Å²) >= 11 is 0.382. The zero-order chi connectivity index (χ0) is 15.8. The third-order valence-corrected chi connectivity index (χ3v) is 3.05. The predicted octanol–water partition coefficient (Wildman–Crippen LogP) is 2.14. The minimum absolute atomic E-state index is 0.248. The molecule has 1 aromatic carbocycles. The van der Waals surface area contributed by atoms with Crippen LogP contribution in [0, 0.1) is 0 Å². The van der Waals surface area contributed by atoms with Gasteiger partial charge in [0.05, 0.1) is 7.11 Å². The van der Waals surface area contributed by atoms with Gasteiger partial charge in [0.15, 0.2) is 0 Å². The van der Waals surface area contributed by atoms with E-state index in [1.165, 1.54) is 26.3 Å². The predicted molar refractivity (Wildman–Crippen MR) is 75.1 cm³/mol. The normalized spacial score (nSPS) is 10.3. The lowest BCUT2D eigenvalue weighted by Crippen LogP contribution is -2.39. The van der Waals surface area contributed by atoms with Crippen molar-refractivity contribution in [2.24, 2.45) is 0 Å². The van der Waals surface area contributed by atoms with Crippen LogP contribution in [0.25, 0.3) is 0 Å². The lowest BCUT2D eigenvalue weighted by Gasteiger charge is -2.14. The number of hydrogen-bond acceptors (Lipinski definition) is 4. The van der Waals surface area contributed by atoms with Gasteiger partial charge in [-0.15, -0.1) is 0 Å². The van der Waals surface area contributed by atoms with E-state index in [2.05, 4.69) is 15.5 Å². The maximum Gasteiger partial charge on any atom is 0.319 e. The Morgan fingerprint density at radius 3 is 2.76 bits per heavy atom. The molecule has 0 atom stereocenters. The summed E-state index contributed by atoms with van der Waals surface area (Å²) in [7, 11) is 2.73. The number of anilines is 1. The van der Waals surface area contributed by atoms with E-state index in [9.17, 15) is 18.4 Å². The summed E-state index contributed by atoms with van der Waals surface area (Å²) in [6, 6.07) is 5.41. The molecule has 0 fully saturated rings. The van der Waals surface area contributed by atoms with Crippen LogP contribution in [0.15, 0.2) is 29.2 Å². The number of urea groups is 1. The Hall–Kier alpha value is -1.87. The molecule has 6 nitrogen and oxygen atoms in total. The first-order valence-corrected chi connectivity index (χ1v) is 6.70. The molecule has 0 saturated heterocycles. The molecule has 0 aliphatic rings. The molecular weight excluding hydrogens is 304 g/mol. The van der Waals surface area contributed by atoms with Gasteiger partial charge < -0.3 is 10.6 Å². The van der Waals surface area contributed by atoms with Crippen molar-refractivity contribution >= 4 is 29.4 Å². The third kappa shape index (κ3) is 6.41. The number of carbonyl (C=O) groups is 2. The standard InChI is InChI=1S/C12H15F2N3O3S/c1-17(20-2)10(18)7-15-12(19)16-8-4-3-5-9(6-8)21-11(13)14/h3-6,11H,7H2,1-2H3,(H2,15,16,19). The fraction of sp³-hybridized carbons (Fsp3) is 0.333. The van der Waals surface area contributed by atoms with Crippen LogP contribution < -0.4 is 10.6 Å². The Morgan fingerprint density at radius 2 is 2.14 bits per heavy atom. The summed E-state index contributed by atoms with van der Waals surface area (Å²) in [5.74, 6) is -2.97. The van der Waals surface area contributed by atoms with Crippen LogP contribution in [0.5, 0.6) is 0 Å². The lowest BCUT2D eigenvalue weighted by atomic mass is 10.3. The number of nitrogens with one attached hydrogen (secondary N) is 2. The van der Waals surface area contributed by atoms with Crippen LogP contribution in [0.3, 0.4) is 0 Å². The van der Waals surface area contributed by atoms with Crippen LogP contribution in [-0.4, -0.2) is 43.5 Å². The molecule has 0 radical (unpaired) electrons. The second-order valence-corrected chi connectivity index (χ2v) is 4.85. The number of thioether (sulfide) groups is 1. The van der Waals surface area contributed by atoms with Gasteiger partial charge in [-0.25, -0.2) is 9.86 Å². The molecule has 3 amide bonds. The van der Waals surface area contributed by atoms with Crippen molar-refractivity contribution in [3.05, 3.63) is 24.3 Å². The number of halogens is 2. The first-order chi connectivity index (χ1) is 9.92. The first-order valence-electron chi connectivity index (χ1n) is 5.82. The molecule has 0 aliphatic heterocycles. The highest BCUT2D eigenvalue weighted by molar-refractivity contribution is 7.99. The Labute approximate surface area is 124 Å². The highest BCUT2D eigenvalue weighted by Gasteiger charge is 2.10. The van der Waals surface area contributed by atoms with Crippen LogP contribution >= 0.6 is 11.8 Å². The van der Waals surface area contributed by atoms with E-state index in [-0.39, 0.29) is 6.54 Å². The summed E-state index contributed by atoms with van der Waals surface area (Å²) in [5.41, 5.74) is 0.352. The van der Waals surface area contributed by atoms with Gasteiger partial charge in [0.25, 0.3) is 11.7 Å². The Kier molecular flexibility index (Phi) is 6.89. The topological polar surface area (TPSA) is 70.7 Å². The van der Waals surface area contributed by atoms with Gasteiger partial charge in [0.1, 0.15) is 6.54 Å². The number of hydroxylamine groups is 2. The molecule has 116 valence electrons. The zero-order valence-corrected chi connectivity index (χ0v) is 12.2. The number of alkyl halides is 2. The molecule has 0 saturated carbocycles. The summed E-state index contributed by atoms with van der Waals surface area (Å²) in [6.45, 7) is -0.248. The number of benzene rings is 1. The van der Waals surface area contributed by atoms with Crippen LogP contribution in [0.1, 0.15) is 0 Å². The van der Waals surface area contributed by atoms with E-state index < -0.39 is 17.7 Å². The maximum atomic E-state index is 12.2. The number of carbonyl (C=O) groups excluding carboxylic acids is 2. The smallest absolute Gasteiger partial charge is 0.319 e. The number of rotatable bonds is 6. The van der Waals surface area contributed by atoms with Gasteiger partial charge >= 0.3 is 6.03 Å². The van der Waals surface area contributed by atoms with Crippen LogP contribution in [0.2, 0.25) is 0 Å². The quantitative estimate of drug-likeness (QED) is 0.622. The maximum absolute atomic E-state index is 12.2. The molecule has 0 bridgehead atoms. The van der Waals surface area contributed by atoms with Gasteiger partial charge in [-0.2, -0.15) is 8.78 Å². The monoisotopic (exact) mass is 319 g/mol. The SMILES string of the molecule is CON(C)C(=O)CNC(=O)Nc1cccc(SC(F)F)c1. The Bertz CT molecular complexity index is 502. The second-order valence-electron chi connectivity index (χ2n) is 3.79. The highest BCUT2D eigenvalue weighted by Crippen LogP contribution is 2.27. The van der Waals surface area contributed by atoms with Crippen molar-refractivity contribution in [2.45, 2.75) is 10.7 Å². The molecule has 0 unspecified atom stereocenters. The van der Waals surface area contributed by atoms with Crippen molar-refractivity contribution in [2.75, 3.05) is 26.0 Å². The van der Waals surface area contributed by atoms with Gasteiger partial charge in [-0.05, 0) is 18.2 Å². The molecule has 0 aliphatic carbocycles. The van der Waals surface area contributed by atoms with Crippen molar-refractivity contribution in [3.63, 3.8) is 0 Å². The van der Waals surface area contributed by atoms with E-state index in [0.29, 0.717) is 22.3 Å². The molecule has 1 aromatic rings. The number of hydrogen-bond donors (Lipinski definition) is 2. The average molecular weight is 319 g/mol. The molecule has 1 rings (SSSR count). The fourth-order valence-electron chi connectivity index (χ4n) is 1.29. The van der Waals surface area contributed by atoms with Gasteiger partial charge in [-0.1, -0.05) is 17.8 Å². The molecule has 2 N–H and O–H groups in total. The number of nitrogens with zero attached hydrogens (tertiary/aromatic N) is 1. The Balaban J connectivity index is 2.49. The third-order valence-electron chi connectivity index (χ3n) is 2.34. The summed E-state index contributed by atoms with van der Waals surface area (Å²) in [4.78, 5) is 27.9. The summed E-state index contributed by atoms with van der Waals surface area (Å²) in [6.07, 6.45) is 0. The van der Waals surface area contributed by atoms with Crippen molar-refractivity contribution in [1.29, 1.82) is 0 Å². The van der Waals surface area contributed by atoms with Crippen LogP contribution in [-0.2, 0) is 9.63 Å². The molecule has 0 spiro atoms. The van der Waals surface area contributed by atoms with E-state index in [4.69, 9.17) is 0 Å². The average Bonchev–Trinajstić information content (AvgIpc) is 2.43.